The van der Waals surface area contributed by atoms with E-state index in [9.17, 15) is 9.59 Å². The lowest BCUT2D eigenvalue weighted by atomic mass is 9.93. The second kappa shape index (κ2) is 9.98. The molecule has 1 aliphatic carbocycles. The number of nitrogens with zero attached hydrogens (tertiary/aromatic N) is 2. The molecule has 1 aliphatic heterocycles. The summed E-state index contributed by atoms with van der Waals surface area (Å²) in [6, 6.07) is 15.5. The maximum absolute atomic E-state index is 12.3. The Bertz CT molecular complexity index is 1110. The third kappa shape index (κ3) is 5.48. The molecule has 0 bridgehead atoms. The van der Waals surface area contributed by atoms with Crippen molar-refractivity contribution in [3.05, 3.63) is 72.1 Å². The Kier molecular flexibility index (Phi) is 6.87. The van der Waals surface area contributed by atoms with Crippen LogP contribution in [0.4, 0.5) is 4.79 Å². The molecule has 1 saturated heterocycles. The lowest BCUT2D eigenvalue weighted by Gasteiger charge is -2.23. The Morgan fingerprint density at radius 2 is 1.76 bits per heavy atom. The third-order valence-electron chi connectivity index (χ3n) is 6.13. The average molecular weight is 447 g/mol. The zero-order valence-electron chi connectivity index (χ0n) is 19.1. The topological polar surface area (TPSA) is 93.2 Å². The normalized spacial score (nSPS) is 19.7. The van der Waals surface area contributed by atoms with E-state index < -0.39 is 5.60 Å². The SMILES string of the molecule is CC1(C)OC(=O)NC1c1ccccc1.O=C(NC1CCCCC1)c1ccnc2cccnc12. The zero-order valence-corrected chi connectivity index (χ0v) is 19.1. The molecular formula is C26H30N4O3. The van der Waals surface area contributed by atoms with Crippen molar-refractivity contribution in [3.63, 3.8) is 0 Å². The van der Waals surface area contributed by atoms with Crippen molar-refractivity contribution in [3.8, 4) is 0 Å². The van der Waals surface area contributed by atoms with Crippen molar-refractivity contribution in [2.75, 3.05) is 0 Å². The number of pyridine rings is 2. The van der Waals surface area contributed by atoms with Crippen LogP contribution in [-0.2, 0) is 4.74 Å². The number of hydrogen-bond acceptors (Lipinski definition) is 5. The second-order valence-corrected chi connectivity index (χ2v) is 9.02. The Balaban J connectivity index is 0.000000165. The van der Waals surface area contributed by atoms with Crippen LogP contribution >= 0.6 is 0 Å². The molecule has 7 nitrogen and oxygen atoms in total. The Morgan fingerprint density at radius 1 is 1.00 bits per heavy atom. The highest BCUT2D eigenvalue weighted by Crippen LogP contribution is 2.33. The average Bonchev–Trinajstić information content (AvgIpc) is 3.12. The molecule has 172 valence electrons. The highest BCUT2D eigenvalue weighted by Gasteiger charge is 2.41. The van der Waals surface area contributed by atoms with Crippen molar-refractivity contribution >= 4 is 23.0 Å². The molecule has 2 N–H and O–H groups in total. The summed E-state index contributed by atoms with van der Waals surface area (Å²) in [6.07, 6.45) is 8.89. The fourth-order valence-corrected chi connectivity index (χ4v) is 4.42. The minimum absolute atomic E-state index is 0.0296. The molecule has 0 spiro atoms. The first kappa shape index (κ1) is 22.7. The van der Waals surface area contributed by atoms with E-state index >= 15 is 0 Å². The summed E-state index contributed by atoms with van der Waals surface area (Å²) in [4.78, 5) is 32.0. The quantitative estimate of drug-likeness (QED) is 0.594. The molecule has 1 aromatic carbocycles. The van der Waals surface area contributed by atoms with Crippen LogP contribution in [0.1, 0.15) is 67.9 Å². The predicted molar refractivity (Wildman–Crippen MR) is 127 cm³/mol. The van der Waals surface area contributed by atoms with Crippen LogP contribution < -0.4 is 10.6 Å². The van der Waals surface area contributed by atoms with Gasteiger partial charge in [0, 0.05) is 18.4 Å². The molecule has 2 fully saturated rings. The number of amides is 2. The summed E-state index contributed by atoms with van der Waals surface area (Å²) in [5.74, 6) is -0.0296. The molecule has 1 atom stereocenters. The van der Waals surface area contributed by atoms with Crippen LogP contribution in [0.5, 0.6) is 0 Å². The standard InChI is InChI=1S/C15H17N3O.C11H13NO2/c19-15(18-11-5-2-1-3-6-11)12-8-10-16-13-7-4-9-17-14(12)13;1-11(2)9(12-10(13)14-11)8-6-4-3-5-7-8/h4,7-11H,1-3,5-6H2,(H,18,19);3-7,9H,1-2H3,(H,12,13). The summed E-state index contributed by atoms with van der Waals surface area (Å²) in [7, 11) is 0. The Hall–Kier alpha value is -3.48. The lowest BCUT2D eigenvalue weighted by molar-refractivity contribution is 0.0684. The molecule has 33 heavy (non-hydrogen) atoms. The number of fused-ring (bicyclic) bond motifs is 1. The van der Waals surface area contributed by atoms with Gasteiger partial charge in [0.2, 0.25) is 0 Å². The number of nitrogens with one attached hydrogen (secondary N) is 2. The summed E-state index contributed by atoms with van der Waals surface area (Å²) in [5, 5.41) is 5.92. The largest absolute Gasteiger partial charge is 0.441 e. The molecule has 3 heterocycles. The molecule has 7 heteroatoms. The fraction of sp³-hybridized carbons (Fsp3) is 0.385. The van der Waals surface area contributed by atoms with Crippen molar-refractivity contribution in [1.82, 2.24) is 20.6 Å². The molecule has 0 radical (unpaired) electrons. The summed E-state index contributed by atoms with van der Waals surface area (Å²) in [6.45, 7) is 3.81. The van der Waals surface area contributed by atoms with Gasteiger partial charge in [-0.05, 0) is 50.5 Å². The molecule has 2 amide bonds. The van der Waals surface area contributed by atoms with Crippen LogP contribution in [0.3, 0.4) is 0 Å². The van der Waals surface area contributed by atoms with Crippen LogP contribution in [-0.4, -0.2) is 33.6 Å². The van der Waals surface area contributed by atoms with Crippen molar-refractivity contribution < 1.29 is 14.3 Å². The van der Waals surface area contributed by atoms with Crippen molar-refractivity contribution in [2.45, 2.75) is 63.6 Å². The zero-order chi connectivity index (χ0) is 23.3. The molecule has 2 aromatic heterocycles. The van der Waals surface area contributed by atoms with E-state index in [2.05, 4.69) is 20.6 Å². The lowest BCUT2D eigenvalue weighted by Crippen LogP contribution is -2.36. The van der Waals surface area contributed by atoms with E-state index in [0.717, 1.165) is 23.9 Å². The Labute approximate surface area is 194 Å². The molecule has 5 rings (SSSR count). The van der Waals surface area contributed by atoms with E-state index in [1.165, 1.54) is 19.3 Å². The number of carbonyl (C=O) groups excluding carboxylic acids is 2. The number of alkyl carbamates (subject to hydrolysis) is 1. The number of ether oxygens (including phenoxy) is 1. The number of rotatable bonds is 3. The first-order valence-corrected chi connectivity index (χ1v) is 11.5. The molecule has 3 aromatic rings. The van der Waals surface area contributed by atoms with E-state index in [1.54, 1.807) is 18.5 Å². The van der Waals surface area contributed by atoms with Crippen LogP contribution in [0.25, 0.3) is 11.0 Å². The van der Waals surface area contributed by atoms with Gasteiger partial charge in [0.1, 0.15) is 11.1 Å². The molecule has 2 aliphatic rings. The van der Waals surface area contributed by atoms with Gasteiger partial charge in [-0.2, -0.15) is 0 Å². The number of carbonyl (C=O) groups is 2. The van der Waals surface area contributed by atoms with Gasteiger partial charge in [0.25, 0.3) is 5.91 Å². The number of aromatic nitrogens is 2. The number of hydrogen-bond donors (Lipinski definition) is 2. The first-order valence-electron chi connectivity index (χ1n) is 11.5. The first-order chi connectivity index (χ1) is 15.9. The summed E-state index contributed by atoms with van der Waals surface area (Å²) >= 11 is 0. The van der Waals surface area contributed by atoms with Crippen LogP contribution in [0.2, 0.25) is 0 Å². The molecular weight excluding hydrogens is 416 g/mol. The highest BCUT2D eigenvalue weighted by molar-refractivity contribution is 6.04. The summed E-state index contributed by atoms with van der Waals surface area (Å²) < 4.78 is 5.17. The van der Waals surface area contributed by atoms with Gasteiger partial charge < -0.3 is 15.4 Å². The minimum atomic E-state index is -0.474. The van der Waals surface area contributed by atoms with Gasteiger partial charge in [-0.3, -0.25) is 14.8 Å². The van der Waals surface area contributed by atoms with Crippen LogP contribution in [0, 0.1) is 0 Å². The van der Waals surface area contributed by atoms with E-state index in [1.807, 2.05) is 56.3 Å². The molecule has 1 saturated carbocycles. The van der Waals surface area contributed by atoms with E-state index in [-0.39, 0.29) is 18.0 Å². The van der Waals surface area contributed by atoms with E-state index in [0.29, 0.717) is 17.1 Å². The third-order valence-corrected chi connectivity index (χ3v) is 6.13. The smallest absolute Gasteiger partial charge is 0.408 e. The van der Waals surface area contributed by atoms with Crippen molar-refractivity contribution in [1.29, 1.82) is 0 Å². The Morgan fingerprint density at radius 3 is 2.45 bits per heavy atom. The van der Waals surface area contributed by atoms with Gasteiger partial charge in [-0.15, -0.1) is 0 Å². The fourth-order valence-electron chi connectivity index (χ4n) is 4.42. The van der Waals surface area contributed by atoms with Gasteiger partial charge in [-0.1, -0.05) is 49.6 Å². The summed E-state index contributed by atoms with van der Waals surface area (Å²) in [5.41, 5.74) is 2.66. The van der Waals surface area contributed by atoms with E-state index in [4.69, 9.17) is 4.74 Å². The van der Waals surface area contributed by atoms with Crippen molar-refractivity contribution in [2.24, 2.45) is 0 Å². The predicted octanol–water partition coefficient (Wildman–Crippen LogP) is 4.94. The van der Waals surface area contributed by atoms with Gasteiger partial charge in [0.15, 0.2) is 0 Å². The second-order valence-electron chi connectivity index (χ2n) is 9.02. The minimum Gasteiger partial charge on any atom is -0.441 e. The monoisotopic (exact) mass is 446 g/mol. The maximum atomic E-state index is 12.3. The maximum Gasteiger partial charge on any atom is 0.408 e. The van der Waals surface area contributed by atoms with Gasteiger partial charge >= 0.3 is 6.09 Å². The number of cyclic esters (lactones) is 1. The molecule has 1 unspecified atom stereocenters. The van der Waals surface area contributed by atoms with Gasteiger partial charge in [0.05, 0.1) is 17.1 Å². The van der Waals surface area contributed by atoms with Crippen LogP contribution in [0.15, 0.2) is 60.9 Å². The highest BCUT2D eigenvalue weighted by atomic mass is 16.6. The number of benzene rings is 1. The van der Waals surface area contributed by atoms with Gasteiger partial charge in [-0.25, -0.2) is 4.79 Å².